The lowest BCUT2D eigenvalue weighted by Crippen LogP contribution is -2.41. The Balaban J connectivity index is 2.05. The minimum Gasteiger partial charge on any atom is -0.324 e. The SMILES string of the molecule is NC1CC(C(=O)Nc2cc(Br)ccc2Br)NN1. The predicted octanol–water partition coefficient (Wildman–Crippen LogP) is 1.30. The van der Waals surface area contributed by atoms with Crippen molar-refractivity contribution in [3.05, 3.63) is 27.1 Å². The van der Waals surface area contributed by atoms with Gasteiger partial charge in [-0.3, -0.25) is 4.79 Å². The maximum Gasteiger partial charge on any atom is 0.243 e. The maximum absolute atomic E-state index is 11.9. The first-order chi connectivity index (χ1) is 8.06. The highest BCUT2D eigenvalue weighted by atomic mass is 79.9. The van der Waals surface area contributed by atoms with Gasteiger partial charge in [0.15, 0.2) is 0 Å². The highest BCUT2D eigenvalue weighted by Crippen LogP contribution is 2.26. The molecule has 17 heavy (non-hydrogen) atoms. The molecule has 1 aliphatic heterocycles. The number of hydrogen-bond acceptors (Lipinski definition) is 4. The smallest absolute Gasteiger partial charge is 0.243 e. The topological polar surface area (TPSA) is 79.2 Å². The Bertz CT molecular complexity index is 440. The van der Waals surface area contributed by atoms with Crippen LogP contribution in [0.5, 0.6) is 0 Å². The zero-order valence-corrected chi connectivity index (χ0v) is 12.0. The Hall–Kier alpha value is -0.470. The van der Waals surface area contributed by atoms with Crippen LogP contribution in [0.2, 0.25) is 0 Å². The van der Waals surface area contributed by atoms with Gasteiger partial charge in [0.05, 0.1) is 11.9 Å². The van der Waals surface area contributed by atoms with Gasteiger partial charge in [-0.15, -0.1) is 0 Å². The minimum atomic E-state index is -0.309. The van der Waals surface area contributed by atoms with Crippen molar-refractivity contribution in [1.29, 1.82) is 0 Å². The van der Waals surface area contributed by atoms with Crippen molar-refractivity contribution in [2.75, 3.05) is 5.32 Å². The van der Waals surface area contributed by atoms with E-state index in [9.17, 15) is 4.79 Å². The fourth-order valence-corrected chi connectivity index (χ4v) is 2.27. The third-order valence-electron chi connectivity index (χ3n) is 2.44. The largest absolute Gasteiger partial charge is 0.324 e. The average Bonchev–Trinajstić information content (AvgIpc) is 2.70. The van der Waals surface area contributed by atoms with E-state index in [1.165, 1.54) is 0 Å². The van der Waals surface area contributed by atoms with E-state index in [2.05, 4.69) is 48.0 Å². The average molecular weight is 364 g/mol. The zero-order valence-electron chi connectivity index (χ0n) is 8.84. The fraction of sp³-hybridized carbons (Fsp3) is 0.300. The molecule has 0 aliphatic carbocycles. The molecular weight excluding hydrogens is 352 g/mol. The second kappa shape index (κ2) is 5.45. The van der Waals surface area contributed by atoms with E-state index in [1.54, 1.807) is 0 Å². The van der Waals surface area contributed by atoms with Gasteiger partial charge in [0.2, 0.25) is 5.91 Å². The van der Waals surface area contributed by atoms with Crippen LogP contribution in [0.25, 0.3) is 0 Å². The number of hydrogen-bond donors (Lipinski definition) is 4. The van der Waals surface area contributed by atoms with Gasteiger partial charge in [-0.2, -0.15) is 0 Å². The molecule has 0 bridgehead atoms. The molecule has 92 valence electrons. The standard InChI is InChI=1S/C10H12Br2N4O/c11-5-1-2-6(12)7(3-5)14-10(17)8-4-9(13)16-15-8/h1-3,8-9,15-16H,4,13H2,(H,14,17). The lowest BCUT2D eigenvalue weighted by atomic mass is 10.2. The predicted molar refractivity (Wildman–Crippen MR) is 73.1 cm³/mol. The first kappa shape index (κ1) is 13.0. The van der Waals surface area contributed by atoms with Crippen LogP contribution in [-0.2, 0) is 4.79 Å². The third-order valence-corrected chi connectivity index (χ3v) is 3.62. The van der Waals surface area contributed by atoms with Gasteiger partial charge in [0.1, 0.15) is 6.04 Å². The van der Waals surface area contributed by atoms with Crippen molar-refractivity contribution in [2.45, 2.75) is 18.6 Å². The number of amides is 1. The number of anilines is 1. The summed E-state index contributed by atoms with van der Waals surface area (Å²) in [5, 5.41) is 2.84. The molecule has 2 rings (SSSR count). The minimum absolute atomic E-state index is 0.107. The number of rotatable bonds is 2. The van der Waals surface area contributed by atoms with Crippen LogP contribution in [0.15, 0.2) is 27.1 Å². The van der Waals surface area contributed by atoms with E-state index < -0.39 is 0 Å². The van der Waals surface area contributed by atoms with Crippen molar-refractivity contribution in [3.8, 4) is 0 Å². The van der Waals surface area contributed by atoms with Gasteiger partial charge in [-0.25, -0.2) is 10.9 Å². The van der Waals surface area contributed by atoms with Crippen LogP contribution in [0.4, 0.5) is 5.69 Å². The molecule has 0 radical (unpaired) electrons. The van der Waals surface area contributed by atoms with E-state index in [-0.39, 0.29) is 18.1 Å². The van der Waals surface area contributed by atoms with Crippen molar-refractivity contribution < 1.29 is 4.79 Å². The zero-order chi connectivity index (χ0) is 12.4. The van der Waals surface area contributed by atoms with Gasteiger partial charge in [-0.1, -0.05) is 15.9 Å². The molecular formula is C10H12Br2N4O. The Kier molecular flexibility index (Phi) is 4.16. The molecule has 1 saturated heterocycles. The summed E-state index contributed by atoms with van der Waals surface area (Å²) in [5.74, 6) is -0.107. The lowest BCUT2D eigenvalue weighted by Gasteiger charge is -2.12. The molecule has 5 nitrogen and oxygen atoms in total. The highest BCUT2D eigenvalue weighted by Gasteiger charge is 2.27. The highest BCUT2D eigenvalue weighted by molar-refractivity contribution is 9.11. The molecule has 1 aromatic rings. The number of hydrazine groups is 1. The Morgan fingerprint density at radius 2 is 2.18 bits per heavy atom. The molecule has 2 atom stereocenters. The van der Waals surface area contributed by atoms with Crippen LogP contribution in [-0.4, -0.2) is 18.1 Å². The van der Waals surface area contributed by atoms with Crippen LogP contribution in [0.1, 0.15) is 6.42 Å². The van der Waals surface area contributed by atoms with E-state index in [0.29, 0.717) is 6.42 Å². The second-order valence-corrected chi connectivity index (χ2v) is 5.57. The molecule has 1 fully saturated rings. The van der Waals surface area contributed by atoms with Crippen LogP contribution >= 0.6 is 31.9 Å². The Morgan fingerprint density at radius 3 is 2.82 bits per heavy atom. The quantitative estimate of drug-likeness (QED) is 0.638. The fourth-order valence-electron chi connectivity index (χ4n) is 1.57. The van der Waals surface area contributed by atoms with Crippen molar-refractivity contribution in [2.24, 2.45) is 5.73 Å². The van der Waals surface area contributed by atoms with E-state index in [4.69, 9.17) is 5.73 Å². The van der Waals surface area contributed by atoms with Crippen molar-refractivity contribution in [3.63, 3.8) is 0 Å². The summed E-state index contributed by atoms with van der Waals surface area (Å²) in [6.07, 6.45) is 0.383. The first-order valence-corrected chi connectivity index (χ1v) is 6.67. The second-order valence-electron chi connectivity index (χ2n) is 3.80. The number of nitrogens with one attached hydrogen (secondary N) is 3. The Labute approximate surface area is 116 Å². The number of halogens is 2. The monoisotopic (exact) mass is 362 g/mol. The molecule has 1 aromatic carbocycles. The van der Waals surface area contributed by atoms with E-state index in [0.717, 1.165) is 14.6 Å². The van der Waals surface area contributed by atoms with Crippen LogP contribution < -0.4 is 21.9 Å². The van der Waals surface area contributed by atoms with E-state index >= 15 is 0 Å². The first-order valence-electron chi connectivity index (χ1n) is 5.09. The van der Waals surface area contributed by atoms with Gasteiger partial charge in [0.25, 0.3) is 0 Å². The molecule has 1 aliphatic rings. The molecule has 2 unspecified atom stereocenters. The third kappa shape index (κ3) is 3.26. The number of carbonyl (C=O) groups is 1. The summed E-state index contributed by atoms with van der Waals surface area (Å²) in [6.45, 7) is 0. The molecule has 7 heteroatoms. The molecule has 1 heterocycles. The van der Waals surface area contributed by atoms with Gasteiger partial charge < -0.3 is 11.1 Å². The van der Waals surface area contributed by atoms with Crippen molar-refractivity contribution in [1.82, 2.24) is 10.9 Å². The van der Waals surface area contributed by atoms with Crippen molar-refractivity contribution >= 4 is 43.5 Å². The van der Waals surface area contributed by atoms with Gasteiger partial charge >= 0.3 is 0 Å². The lowest BCUT2D eigenvalue weighted by molar-refractivity contribution is -0.117. The van der Waals surface area contributed by atoms with Crippen LogP contribution in [0, 0.1) is 0 Å². The van der Waals surface area contributed by atoms with E-state index in [1.807, 2.05) is 18.2 Å². The number of nitrogens with two attached hydrogens (primary N) is 1. The summed E-state index contributed by atoms with van der Waals surface area (Å²) in [5.41, 5.74) is 12.0. The number of benzene rings is 1. The molecule has 1 amide bonds. The summed E-state index contributed by atoms with van der Waals surface area (Å²) in [6, 6.07) is 5.29. The van der Waals surface area contributed by atoms with Gasteiger partial charge in [0, 0.05) is 15.4 Å². The summed E-state index contributed by atoms with van der Waals surface area (Å²) in [7, 11) is 0. The number of carbonyl (C=O) groups excluding carboxylic acids is 1. The molecule has 5 N–H and O–H groups in total. The molecule has 0 spiro atoms. The normalized spacial score (nSPS) is 23.7. The summed E-state index contributed by atoms with van der Waals surface area (Å²) >= 11 is 6.74. The maximum atomic E-state index is 11.9. The molecule has 0 saturated carbocycles. The summed E-state index contributed by atoms with van der Waals surface area (Å²) in [4.78, 5) is 11.9. The Morgan fingerprint density at radius 1 is 1.41 bits per heavy atom. The summed E-state index contributed by atoms with van der Waals surface area (Å²) < 4.78 is 1.74. The van der Waals surface area contributed by atoms with Gasteiger partial charge in [-0.05, 0) is 34.1 Å². The molecule has 0 aromatic heterocycles. The van der Waals surface area contributed by atoms with Crippen LogP contribution in [0.3, 0.4) is 0 Å².